The summed E-state index contributed by atoms with van der Waals surface area (Å²) in [6, 6.07) is 10.6. The lowest BCUT2D eigenvalue weighted by Gasteiger charge is -2.13. The molecule has 0 atom stereocenters. The first-order valence-electron chi connectivity index (χ1n) is 6.41. The summed E-state index contributed by atoms with van der Waals surface area (Å²) < 4.78 is 40.9. The first kappa shape index (κ1) is 15.8. The lowest BCUT2D eigenvalue weighted by molar-refractivity contribution is -0.274. The number of aromatic nitrogens is 1. The quantitative estimate of drug-likeness (QED) is 0.943. The van der Waals surface area contributed by atoms with Crippen LogP contribution in [0.25, 0.3) is 0 Å². The molecule has 0 aliphatic rings. The molecule has 4 nitrogen and oxygen atoms in total. The Morgan fingerprint density at radius 2 is 1.91 bits per heavy atom. The molecule has 0 saturated carbocycles. The van der Waals surface area contributed by atoms with Gasteiger partial charge in [-0.1, -0.05) is 24.3 Å². The van der Waals surface area contributed by atoms with Crippen molar-refractivity contribution in [2.75, 3.05) is 0 Å². The van der Waals surface area contributed by atoms with Gasteiger partial charge in [-0.05, 0) is 25.1 Å². The molecule has 0 fully saturated rings. The molecule has 7 heteroatoms. The minimum absolute atomic E-state index is 0.0965. The van der Waals surface area contributed by atoms with Crippen molar-refractivity contribution in [2.24, 2.45) is 0 Å². The highest BCUT2D eigenvalue weighted by Gasteiger charge is 2.31. The van der Waals surface area contributed by atoms with E-state index in [1.54, 1.807) is 25.1 Å². The van der Waals surface area contributed by atoms with Crippen LogP contribution in [0.2, 0.25) is 0 Å². The van der Waals surface area contributed by atoms with Gasteiger partial charge in [0.05, 0.1) is 0 Å². The fraction of sp³-hybridized carbons (Fsp3) is 0.200. The zero-order chi connectivity index (χ0) is 16.2. The van der Waals surface area contributed by atoms with Gasteiger partial charge >= 0.3 is 6.36 Å². The van der Waals surface area contributed by atoms with Crippen molar-refractivity contribution in [2.45, 2.75) is 19.8 Å². The van der Waals surface area contributed by atoms with E-state index in [0.29, 0.717) is 5.69 Å². The Bertz CT molecular complexity index is 672. The number of ether oxygens (including phenoxy) is 1. The Labute approximate surface area is 124 Å². The van der Waals surface area contributed by atoms with Gasteiger partial charge in [0.15, 0.2) is 0 Å². The molecule has 0 aliphatic carbocycles. The summed E-state index contributed by atoms with van der Waals surface area (Å²) in [5, 5.41) is 2.52. The van der Waals surface area contributed by atoms with Gasteiger partial charge in [0.25, 0.3) is 5.91 Å². The topological polar surface area (TPSA) is 51.2 Å². The molecular weight excluding hydrogens is 297 g/mol. The van der Waals surface area contributed by atoms with Crippen molar-refractivity contribution in [1.82, 2.24) is 10.3 Å². The number of carbonyl (C=O) groups is 1. The van der Waals surface area contributed by atoms with Crippen LogP contribution in [0, 0.1) is 6.92 Å². The average Bonchev–Trinajstić information content (AvgIpc) is 2.44. The van der Waals surface area contributed by atoms with Crippen molar-refractivity contribution in [3.63, 3.8) is 0 Å². The second-order valence-electron chi connectivity index (χ2n) is 4.50. The van der Waals surface area contributed by atoms with Crippen molar-refractivity contribution in [1.29, 1.82) is 0 Å². The number of alkyl halides is 3. The molecule has 22 heavy (non-hydrogen) atoms. The highest BCUT2D eigenvalue weighted by molar-refractivity contribution is 5.92. The summed E-state index contributed by atoms with van der Waals surface area (Å²) in [5.74, 6) is -0.807. The summed E-state index contributed by atoms with van der Waals surface area (Å²) in [4.78, 5) is 16.0. The van der Waals surface area contributed by atoms with Crippen molar-refractivity contribution in [3.8, 4) is 5.75 Å². The number of para-hydroxylation sites is 1. The normalized spacial score (nSPS) is 11.1. The Morgan fingerprint density at radius 3 is 2.59 bits per heavy atom. The van der Waals surface area contributed by atoms with Crippen LogP contribution in [0.1, 0.15) is 21.7 Å². The SMILES string of the molecule is Cc1cccc(C(=O)NCc2ccccc2OC(F)(F)F)n1. The van der Waals surface area contributed by atoms with Gasteiger partial charge in [0.2, 0.25) is 0 Å². The molecule has 1 aromatic carbocycles. The lowest BCUT2D eigenvalue weighted by atomic mass is 10.2. The predicted molar refractivity (Wildman–Crippen MR) is 73.3 cm³/mol. The maximum absolute atomic E-state index is 12.3. The molecule has 2 rings (SSSR count). The molecule has 0 spiro atoms. The number of nitrogens with zero attached hydrogens (tertiary/aromatic N) is 1. The van der Waals surface area contributed by atoms with Crippen LogP contribution in [0.15, 0.2) is 42.5 Å². The van der Waals surface area contributed by atoms with Gasteiger partial charge in [-0.3, -0.25) is 4.79 Å². The number of halogens is 3. The maximum atomic E-state index is 12.3. The number of benzene rings is 1. The lowest BCUT2D eigenvalue weighted by Crippen LogP contribution is -2.25. The fourth-order valence-electron chi connectivity index (χ4n) is 1.81. The fourth-order valence-corrected chi connectivity index (χ4v) is 1.81. The first-order valence-corrected chi connectivity index (χ1v) is 6.41. The minimum atomic E-state index is -4.78. The molecule has 0 bridgehead atoms. The highest BCUT2D eigenvalue weighted by atomic mass is 19.4. The van der Waals surface area contributed by atoms with E-state index in [-0.39, 0.29) is 23.6 Å². The number of aryl methyl sites for hydroxylation is 1. The van der Waals surface area contributed by atoms with E-state index in [1.165, 1.54) is 24.3 Å². The second-order valence-corrected chi connectivity index (χ2v) is 4.50. The second kappa shape index (κ2) is 6.46. The van der Waals surface area contributed by atoms with Gasteiger partial charge in [0, 0.05) is 17.8 Å². The van der Waals surface area contributed by atoms with Crippen LogP contribution in [-0.2, 0) is 6.54 Å². The zero-order valence-corrected chi connectivity index (χ0v) is 11.6. The van der Waals surface area contributed by atoms with Gasteiger partial charge in [0.1, 0.15) is 11.4 Å². The third-order valence-electron chi connectivity index (χ3n) is 2.76. The first-order chi connectivity index (χ1) is 10.3. The van der Waals surface area contributed by atoms with Gasteiger partial charge in [-0.2, -0.15) is 0 Å². The number of carbonyl (C=O) groups excluding carboxylic acids is 1. The molecule has 0 aliphatic heterocycles. The Balaban J connectivity index is 2.07. The van der Waals surface area contributed by atoms with Crippen molar-refractivity contribution >= 4 is 5.91 Å². The largest absolute Gasteiger partial charge is 0.573 e. The summed E-state index contributed by atoms with van der Waals surface area (Å²) in [5.41, 5.74) is 1.10. The molecule has 1 aromatic heterocycles. The predicted octanol–water partition coefficient (Wildman–Crippen LogP) is 3.22. The molecule has 1 N–H and O–H groups in total. The highest BCUT2D eigenvalue weighted by Crippen LogP contribution is 2.26. The number of amides is 1. The Hall–Kier alpha value is -2.57. The van der Waals surface area contributed by atoms with E-state index in [9.17, 15) is 18.0 Å². The van der Waals surface area contributed by atoms with E-state index >= 15 is 0 Å². The third-order valence-corrected chi connectivity index (χ3v) is 2.76. The number of nitrogens with one attached hydrogen (secondary N) is 1. The monoisotopic (exact) mass is 310 g/mol. The summed E-state index contributed by atoms with van der Waals surface area (Å²) in [6.45, 7) is 1.64. The Kier molecular flexibility index (Phi) is 4.65. The van der Waals surface area contributed by atoms with E-state index in [1.807, 2.05) is 0 Å². The molecule has 1 heterocycles. The summed E-state index contributed by atoms with van der Waals surface area (Å²) in [7, 11) is 0. The molecule has 0 radical (unpaired) electrons. The standard InChI is InChI=1S/C15H13F3N2O2/c1-10-5-4-7-12(20-10)14(21)19-9-11-6-2-3-8-13(11)22-15(16,17)18/h2-8H,9H2,1H3,(H,19,21). The van der Waals surface area contributed by atoms with Crippen LogP contribution >= 0.6 is 0 Å². The summed E-state index contributed by atoms with van der Waals surface area (Å²) in [6.07, 6.45) is -4.78. The number of hydrogen-bond donors (Lipinski definition) is 1. The Morgan fingerprint density at radius 1 is 1.18 bits per heavy atom. The average molecular weight is 310 g/mol. The van der Waals surface area contributed by atoms with Crippen LogP contribution in [-0.4, -0.2) is 17.3 Å². The van der Waals surface area contributed by atoms with Gasteiger partial charge < -0.3 is 10.1 Å². The van der Waals surface area contributed by atoms with Crippen LogP contribution < -0.4 is 10.1 Å². The molecule has 0 saturated heterocycles. The van der Waals surface area contributed by atoms with Crippen molar-refractivity contribution < 1.29 is 22.7 Å². The number of hydrogen-bond acceptors (Lipinski definition) is 3. The molecule has 0 unspecified atom stereocenters. The van der Waals surface area contributed by atoms with Crippen molar-refractivity contribution in [3.05, 3.63) is 59.4 Å². The van der Waals surface area contributed by atoms with Crippen LogP contribution in [0.5, 0.6) is 5.75 Å². The van der Waals surface area contributed by atoms with E-state index < -0.39 is 12.3 Å². The molecule has 1 amide bonds. The smallest absolute Gasteiger partial charge is 0.405 e. The number of pyridine rings is 1. The summed E-state index contributed by atoms with van der Waals surface area (Å²) >= 11 is 0. The number of rotatable bonds is 4. The van der Waals surface area contributed by atoms with Gasteiger partial charge in [-0.15, -0.1) is 13.2 Å². The zero-order valence-electron chi connectivity index (χ0n) is 11.6. The van der Waals surface area contributed by atoms with E-state index in [4.69, 9.17) is 0 Å². The van der Waals surface area contributed by atoms with Crippen LogP contribution in [0.4, 0.5) is 13.2 Å². The van der Waals surface area contributed by atoms with Crippen LogP contribution in [0.3, 0.4) is 0 Å². The minimum Gasteiger partial charge on any atom is -0.405 e. The third kappa shape index (κ3) is 4.47. The molecule has 116 valence electrons. The van der Waals surface area contributed by atoms with E-state index in [0.717, 1.165) is 0 Å². The van der Waals surface area contributed by atoms with Gasteiger partial charge in [-0.25, -0.2) is 4.98 Å². The molecular formula is C15H13F3N2O2. The molecule has 2 aromatic rings. The van der Waals surface area contributed by atoms with E-state index in [2.05, 4.69) is 15.0 Å². The maximum Gasteiger partial charge on any atom is 0.573 e.